The second-order valence-electron chi connectivity index (χ2n) is 6.77. The van der Waals surface area contributed by atoms with Gasteiger partial charge in [0.25, 0.3) is 0 Å². The Labute approximate surface area is 120 Å². The van der Waals surface area contributed by atoms with Crippen LogP contribution in [0.3, 0.4) is 0 Å². The zero-order valence-electron chi connectivity index (χ0n) is 13.6. The molecular weight excluding hydrogens is 236 g/mol. The average Bonchev–Trinajstić information content (AvgIpc) is 2.38. The second-order valence-corrected chi connectivity index (χ2v) is 6.77. The van der Waals surface area contributed by atoms with Gasteiger partial charge in [0.2, 0.25) is 0 Å². The molecule has 0 aliphatic carbocycles. The van der Waals surface area contributed by atoms with Crippen LogP contribution in [0.15, 0.2) is 0 Å². The van der Waals surface area contributed by atoms with E-state index in [-0.39, 0.29) is 0 Å². The maximum atomic E-state index is 5.44. The summed E-state index contributed by atoms with van der Waals surface area (Å²) >= 11 is 0. The molecule has 0 aromatic heterocycles. The summed E-state index contributed by atoms with van der Waals surface area (Å²) in [5.41, 5.74) is 0. The molecule has 0 saturated carbocycles. The van der Waals surface area contributed by atoms with E-state index < -0.39 is 0 Å². The lowest BCUT2D eigenvalue weighted by Gasteiger charge is -2.34. The van der Waals surface area contributed by atoms with Crippen molar-refractivity contribution in [3.63, 3.8) is 0 Å². The summed E-state index contributed by atoms with van der Waals surface area (Å²) in [6.45, 7) is 14.6. The first-order chi connectivity index (χ1) is 9.00. The minimum Gasteiger partial charge on any atom is -0.381 e. The SMILES string of the molecule is CC(C)CNCC(C)C(C)N(C)CC1CCOCC1. The quantitative estimate of drug-likeness (QED) is 0.734. The van der Waals surface area contributed by atoms with Crippen molar-refractivity contribution >= 4 is 0 Å². The molecule has 2 unspecified atom stereocenters. The van der Waals surface area contributed by atoms with Gasteiger partial charge >= 0.3 is 0 Å². The Hall–Kier alpha value is -0.120. The zero-order valence-corrected chi connectivity index (χ0v) is 13.6. The Morgan fingerprint density at radius 3 is 2.32 bits per heavy atom. The zero-order chi connectivity index (χ0) is 14.3. The molecule has 3 heteroatoms. The fraction of sp³-hybridized carbons (Fsp3) is 1.00. The van der Waals surface area contributed by atoms with Crippen LogP contribution in [0, 0.1) is 17.8 Å². The molecule has 1 saturated heterocycles. The van der Waals surface area contributed by atoms with Crippen molar-refractivity contribution in [1.82, 2.24) is 10.2 Å². The van der Waals surface area contributed by atoms with Crippen molar-refractivity contribution in [2.45, 2.75) is 46.6 Å². The van der Waals surface area contributed by atoms with Crippen LogP contribution in [0.2, 0.25) is 0 Å². The lowest BCUT2D eigenvalue weighted by molar-refractivity contribution is 0.0475. The molecule has 2 atom stereocenters. The Bertz CT molecular complexity index is 227. The molecule has 0 spiro atoms. The summed E-state index contributed by atoms with van der Waals surface area (Å²) in [5.74, 6) is 2.27. The topological polar surface area (TPSA) is 24.5 Å². The monoisotopic (exact) mass is 270 g/mol. The van der Waals surface area contributed by atoms with Crippen molar-refractivity contribution in [2.75, 3.05) is 39.9 Å². The molecule has 1 rings (SSSR count). The minimum absolute atomic E-state index is 0.641. The number of nitrogens with zero attached hydrogens (tertiary/aromatic N) is 1. The van der Waals surface area contributed by atoms with E-state index in [0.717, 1.165) is 38.1 Å². The summed E-state index contributed by atoms with van der Waals surface area (Å²) < 4.78 is 5.44. The summed E-state index contributed by atoms with van der Waals surface area (Å²) in [5, 5.41) is 3.58. The largest absolute Gasteiger partial charge is 0.381 e. The first-order valence-corrected chi connectivity index (χ1v) is 7.99. The standard InChI is InChI=1S/C16H34N2O/c1-13(2)10-17-11-14(3)15(4)18(5)12-16-6-8-19-9-7-16/h13-17H,6-12H2,1-5H3. The van der Waals surface area contributed by atoms with Crippen LogP contribution in [-0.2, 0) is 4.74 Å². The average molecular weight is 270 g/mol. The molecule has 1 heterocycles. The van der Waals surface area contributed by atoms with E-state index in [1.54, 1.807) is 0 Å². The van der Waals surface area contributed by atoms with E-state index in [0.29, 0.717) is 12.0 Å². The van der Waals surface area contributed by atoms with E-state index in [4.69, 9.17) is 4.74 Å². The molecule has 1 aliphatic heterocycles. The molecule has 0 radical (unpaired) electrons. The number of rotatable bonds is 8. The fourth-order valence-corrected chi connectivity index (χ4v) is 2.71. The third kappa shape index (κ3) is 6.73. The van der Waals surface area contributed by atoms with Crippen LogP contribution in [0.25, 0.3) is 0 Å². The van der Waals surface area contributed by atoms with Gasteiger partial charge in [-0.25, -0.2) is 0 Å². The first kappa shape index (κ1) is 16.9. The van der Waals surface area contributed by atoms with Crippen LogP contribution < -0.4 is 5.32 Å². The van der Waals surface area contributed by atoms with Crippen LogP contribution in [0.5, 0.6) is 0 Å². The van der Waals surface area contributed by atoms with E-state index in [1.165, 1.54) is 19.4 Å². The normalized spacial score (nSPS) is 21.0. The molecule has 0 aromatic carbocycles. The van der Waals surface area contributed by atoms with Gasteiger partial charge in [-0.15, -0.1) is 0 Å². The lowest BCUT2D eigenvalue weighted by atomic mass is 9.96. The van der Waals surface area contributed by atoms with Gasteiger partial charge in [-0.2, -0.15) is 0 Å². The molecular formula is C16H34N2O. The van der Waals surface area contributed by atoms with Gasteiger partial charge in [-0.3, -0.25) is 0 Å². The van der Waals surface area contributed by atoms with Gasteiger partial charge in [0.05, 0.1) is 0 Å². The smallest absolute Gasteiger partial charge is 0.0469 e. The predicted octanol–water partition coefficient (Wildman–Crippen LogP) is 2.62. The van der Waals surface area contributed by atoms with Crippen molar-refractivity contribution in [1.29, 1.82) is 0 Å². The van der Waals surface area contributed by atoms with Crippen molar-refractivity contribution < 1.29 is 4.74 Å². The third-order valence-corrected chi connectivity index (χ3v) is 4.42. The molecule has 1 N–H and O–H groups in total. The van der Waals surface area contributed by atoms with Crippen molar-refractivity contribution in [3.8, 4) is 0 Å². The first-order valence-electron chi connectivity index (χ1n) is 7.99. The fourth-order valence-electron chi connectivity index (χ4n) is 2.71. The van der Waals surface area contributed by atoms with Crippen LogP contribution in [0.4, 0.5) is 0 Å². The Morgan fingerprint density at radius 1 is 1.11 bits per heavy atom. The summed E-state index contributed by atoms with van der Waals surface area (Å²) in [7, 11) is 2.28. The maximum Gasteiger partial charge on any atom is 0.0469 e. The second kappa shape index (κ2) is 8.93. The summed E-state index contributed by atoms with van der Waals surface area (Å²) in [4.78, 5) is 2.54. The minimum atomic E-state index is 0.641. The number of nitrogens with one attached hydrogen (secondary N) is 1. The number of hydrogen-bond acceptors (Lipinski definition) is 3. The van der Waals surface area contributed by atoms with E-state index >= 15 is 0 Å². The molecule has 19 heavy (non-hydrogen) atoms. The van der Waals surface area contributed by atoms with Crippen LogP contribution in [0.1, 0.15) is 40.5 Å². The van der Waals surface area contributed by atoms with Gasteiger partial charge in [0.1, 0.15) is 0 Å². The predicted molar refractivity (Wildman–Crippen MR) is 82.5 cm³/mol. The number of ether oxygens (including phenoxy) is 1. The van der Waals surface area contributed by atoms with Gasteiger partial charge in [0, 0.05) is 25.8 Å². The van der Waals surface area contributed by atoms with Gasteiger partial charge in [-0.05, 0) is 57.7 Å². The number of hydrogen-bond donors (Lipinski definition) is 1. The maximum absolute atomic E-state index is 5.44. The Morgan fingerprint density at radius 2 is 1.74 bits per heavy atom. The van der Waals surface area contributed by atoms with Gasteiger partial charge in [-0.1, -0.05) is 20.8 Å². The van der Waals surface area contributed by atoms with Crippen molar-refractivity contribution in [3.05, 3.63) is 0 Å². The molecule has 114 valence electrons. The molecule has 0 aromatic rings. The highest BCUT2D eigenvalue weighted by Crippen LogP contribution is 2.18. The van der Waals surface area contributed by atoms with Gasteiger partial charge < -0.3 is 15.0 Å². The van der Waals surface area contributed by atoms with Gasteiger partial charge in [0.15, 0.2) is 0 Å². The Kier molecular flexibility index (Phi) is 7.96. The molecule has 1 aliphatic rings. The van der Waals surface area contributed by atoms with E-state index in [2.05, 4.69) is 45.0 Å². The van der Waals surface area contributed by atoms with Crippen LogP contribution in [-0.4, -0.2) is 50.8 Å². The Balaban J connectivity index is 2.23. The highest BCUT2D eigenvalue weighted by molar-refractivity contribution is 4.75. The third-order valence-electron chi connectivity index (χ3n) is 4.42. The molecule has 0 bridgehead atoms. The summed E-state index contributed by atoms with van der Waals surface area (Å²) in [6.07, 6.45) is 2.47. The van der Waals surface area contributed by atoms with E-state index in [9.17, 15) is 0 Å². The highest BCUT2D eigenvalue weighted by Gasteiger charge is 2.21. The molecule has 0 amide bonds. The van der Waals surface area contributed by atoms with Crippen molar-refractivity contribution in [2.24, 2.45) is 17.8 Å². The van der Waals surface area contributed by atoms with Crippen LogP contribution >= 0.6 is 0 Å². The molecule has 1 fully saturated rings. The highest BCUT2D eigenvalue weighted by atomic mass is 16.5. The molecule has 3 nitrogen and oxygen atoms in total. The van der Waals surface area contributed by atoms with E-state index in [1.807, 2.05) is 0 Å². The summed E-state index contributed by atoms with van der Waals surface area (Å²) in [6, 6.07) is 0.641. The lowest BCUT2D eigenvalue weighted by Crippen LogP contribution is -2.42.